The minimum absolute atomic E-state index is 0.00534. The number of carbonyl (C=O) groups excluding carboxylic acids is 2. The Morgan fingerprint density at radius 1 is 0.705 bits per heavy atom. The average Bonchev–Trinajstić information content (AvgIpc) is 3.47. The molecule has 0 bridgehead atoms. The van der Waals surface area contributed by atoms with Crippen LogP contribution in [0, 0.1) is 11.8 Å². The van der Waals surface area contributed by atoms with E-state index in [0.717, 1.165) is 38.5 Å². The maximum Gasteiger partial charge on any atom is 0.472 e. The van der Waals surface area contributed by atoms with Crippen LogP contribution in [0.3, 0.4) is 0 Å². The van der Waals surface area contributed by atoms with Crippen molar-refractivity contribution in [1.29, 1.82) is 0 Å². The van der Waals surface area contributed by atoms with Crippen molar-refractivity contribution in [3.05, 3.63) is 24.3 Å². The van der Waals surface area contributed by atoms with Crippen molar-refractivity contribution in [3.63, 3.8) is 0 Å². The first-order valence-electron chi connectivity index (χ1n) is 24.3. The fraction of sp³-hybridized carbons (Fsp3) is 0.875. The first-order valence-corrected chi connectivity index (χ1v) is 25.8. The molecule has 0 heterocycles. The number of phosphoric ester groups is 1. The normalized spacial score (nSPS) is 20.3. The molecule has 1 saturated carbocycles. The second-order valence-corrected chi connectivity index (χ2v) is 19.9. The number of esters is 2. The van der Waals surface area contributed by atoms with Gasteiger partial charge in [0.1, 0.15) is 19.8 Å². The van der Waals surface area contributed by atoms with Gasteiger partial charge in [0.05, 0.1) is 46.1 Å². The number of likely N-dealkylation sites (N-methyl/N-ethyl adjacent to an activating group) is 1. The highest BCUT2D eigenvalue weighted by molar-refractivity contribution is 7.47. The topological polar surface area (TPSA) is 169 Å². The highest BCUT2D eigenvalue weighted by atomic mass is 31.2. The fourth-order valence-corrected chi connectivity index (χ4v) is 8.40. The van der Waals surface area contributed by atoms with Crippen molar-refractivity contribution in [2.24, 2.45) is 11.8 Å². The number of rotatable bonds is 40. The summed E-state index contributed by atoms with van der Waals surface area (Å²) in [4.78, 5) is 35.6. The van der Waals surface area contributed by atoms with E-state index in [9.17, 15) is 34.4 Å². The van der Waals surface area contributed by atoms with Gasteiger partial charge in [0, 0.05) is 25.2 Å². The summed E-state index contributed by atoms with van der Waals surface area (Å²) in [6.07, 6.45) is 31.7. The van der Waals surface area contributed by atoms with Gasteiger partial charge in [-0.15, -0.1) is 0 Å². The summed E-state index contributed by atoms with van der Waals surface area (Å²) in [6.45, 7) is 4.07. The summed E-state index contributed by atoms with van der Waals surface area (Å²) in [5, 5.41) is 31.4. The molecule has 0 spiro atoms. The summed E-state index contributed by atoms with van der Waals surface area (Å²) in [5.74, 6) is -1.38. The molecule has 1 rings (SSSR count). The zero-order valence-corrected chi connectivity index (χ0v) is 40.1. The molecule has 0 amide bonds. The number of aliphatic hydroxyl groups excluding tert-OH is 3. The predicted octanol–water partition coefficient (Wildman–Crippen LogP) is 10.3. The Morgan fingerprint density at radius 2 is 1.25 bits per heavy atom. The molecule has 7 atom stereocenters. The van der Waals surface area contributed by atoms with Gasteiger partial charge in [-0.3, -0.25) is 18.6 Å². The lowest BCUT2D eigenvalue weighted by atomic mass is 9.89. The molecule has 358 valence electrons. The number of allylic oxidation sites excluding steroid dienone is 2. The van der Waals surface area contributed by atoms with Crippen LogP contribution in [0.2, 0.25) is 0 Å². The highest BCUT2D eigenvalue weighted by Gasteiger charge is 2.39. The third kappa shape index (κ3) is 32.7. The molecule has 0 aromatic rings. The lowest BCUT2D eigenvalue weighted by Crippen LogP contribution is -2.37. The molecule has 1 fully saturated rings. The third-order valence-electron chi connectivity index (χ3n) is 11.6. The van der Waals surface area contributed by atoms with Gasteiger partial charge in [0.15, 0.2) is 6.10 Å². The van der Waals surface area contributed by atoms with Crippen molar-refractivity contribution in [3.8, 4) is 0 Å². The molecule has 61 heavy (non-hydrogen) atoms. The summed E-state index contributed by atoms with van der Waals surface area (Å²) in [5.41, 5.74) is 0. The number of quaternary nitrogens is 1. The molecule has 13 heteroatoms. The second-order valence-electron chi connectivity index (χ2n) is 18.5. The van der Waals surface area contributed by atoms with Crippen molar-refractivity contribution in [2.75, 3.05) is 47.5 Å². The van der Waals surface area contributed by atoms with Crippen LogP contribution >= 0.6 is 7.82 Å². The van der Waals surface area contributed by atoms with E-state index >= 15 is 0 Å². The lowest BCUT2D eigenvalue weighted by Gasteiger charge is -2.24. The second kappa shape index (κ2) is 35.7. The third-order valence-corrected chi connectivity index (χ3v) is 12.5. The average molecular weight is 889 g/mol. The minimum atomic E-state index is -4.44. The van der Waals surface area contributed by atoms with Gasteiger partial charge in [-0.1, -0.05) is 160 Å². The number of carbonyl (C=O) groups is 2. The lowest BCUT2D eigenvalue weighted by molar-refractivity contribution is -0.870. The van der Waals surface area contributed by atoms with E-state index < -0.39 is 50.8 Å². The Labute approximate surface area is 371 Å². The van der Waals surface area contributed by atoms with Crippen LogP contribution in [0.25, 0.3) is 0 Å². The quantitative estimate of drug-likeness (QED) is 0.0152. The van der Waals surface area contributed by atoms with Crippen LogP contribution in [0.1, 0.15) is 187 Å². The number of ether oxygens (including phenoxy) is 2. The monoisotopic (exact) mass is 889 g/mol. The smallest absolute Gasteiger partial charge is 0.462 e. The zero-order chi connectivity index (χ0) is 45.2. The van der Waals surface area contributed by atoms with Gasteiger partial charge in [0.25, 0.3) is 0 Å². The maximum absolute atomic E-state index is 12.8. The molecule has 0 aromatic heterocycles. The SMILES string of the molecule is CCCCCCCCCCCCCCCCCCCC(=O)O[C@H](COC(=O)CCC/C=C/C[C@@H]1[C@@H](/C=C/[C@@H](O)CCCCC)[C@H](O)C[C@@H]1O)COP(=O)(O)OCC[N+](C)(C)C. The molecule has 1 unspecified atom stereocenters. The van der Waals surface area contributed by atoms with Crippen molar-refractivity contribution in [1.82, 2.24) is 0 Å². The minimum Gasteiger partial charge on any atom is -0.462 e. The first-order chi connectivity index (χ1) is 29.2. The summed E-state index contributed by atoms with van der Waals surface area (Å²) >= 11 is 0. The molecular formula is C48H91NO11P+. The molecule has 1 aliphatic rings. The Hall–Kier alpha value is -1.63. The van der Waals surface area contributed by atoms with Crippen molar-refractivity contribution in [2.45, 2.75) is 212 Å². The number of aliphatic hydroxyl groups is 3. The predicted molar refractivity (Wildman–Crippen MR) is 245 cm³/mol. The Kier molecular flexibility index (Phi) is 33.6. The van der Waals surface area contributed by atoms with Crippen molar-refractivity contribution >= 4 is 19.8 Å². The molecule has 4 N–H and O–H groups in total. The molecule has 1 aliphatic carbocycles. The van der Waals surface area contributed by atoms with Gasteiger partial charge >= 0.3 is 19.8 Å². The molecule has 12 nitrogen and oxygen atoms in total. The van der Waals surface area contributed by atoms with E-state index in [-0.39, 0.29) is 37.9 Å². The first kappa shape index (κ1) is 57.4. The Bertz CT molecular complexity index is 1210. The number of hydrogen-bond acceptors (Lipinski definition) is 10. The number of nitrogens with zero attached hydrogens (tertiary/aromatic N) is 1. The fourth-order valence-electron chi connectivity index (χ4n) is 7.66. The van der Waals surface area contributed by atoms with E-state index in [4.69, 9.17) is 18.5 Å². The van der Waals surface area contributed by atoms with Gasteiger partial charge in [-0.25, -0.2) is 4.57 Å². The van der Waals surface area contributed by atoms with Gasteiger partial charge in [-0.2, -0.15) is 0 Å². The van der Waals surface area contributed by atoms with E-state index in [2.05, 4.69) is 13.8 Å². The summed E-state index contributed by atoms with van der Waals surface area (Å²) in [7, 11) is 1.35. The summed E-state index contributed by atoms with van der Waals surface area (Å²) in [6, 6.07) is 0. The van der Waals surface area contributed by atoms with E-state index in [1.807, 2.05) is 39.4 Å². The number of hydrogen-bond donors (Lipinski definition) is 4. The molecule has 0 saturated heterocycles. The van der Waals surface area contributed by atoms with Gasteiger partial charge in [-0.05, 0) is 38.0 Å². The molecule has 0 aliphatic heterocycles. The van der Waals surface area contributed by atoms with Crippen LogP contribution in [0.15, 0.2) is 24.3 Å². The maximum atomic E-state index is 12.8. The molecule has 0 aromatic carbocycles. The zero-order valence-electron chi connectivity index (χ0n) is 39.2. The van der Waals surface area contributed by atoms with Crippen LogP contribution in [0.4, 0.5) is 0 Å². The van der Waals surface area contributed by atoms with E-state index in [1.54, 1.807) is 6.08 Å². The molecule has 0 radical (unpaired) electrons. The van der Waals surface area contributed by atoms with Gasteiger partial charge in [0.2, 0.25) is 0 Å². The Morgan fingerprint density at radius 3 is 1.82 bits per heavy atom. The van der Waals surface area contributed by atoms with Crippen LogP contribution < -0.4 is 0 Å². The Balaban J connectivity index is 2.44. The van der Waals surface area contributed by atoms with Gasteiger partial charge < -0.3 is 34.2 Å². The van der Waals surface area contributed by atoms with E-state index in [1.165, 1.54) is 83.5 Å². The number of phosphoric acid groups is 1. The standard InChI is InChI=1S/C48H90NO11P/c1-6-8-10-11-12-13-14-15-16-17-18-19-20-21-22-23-29-33-48(54)60-42(40-59-61(55,56)58-37-36-49(3,4)5)39-57-47(53)32-28-25-24-27-31-43-44(46(52)38-45(43)51)35-34-41(50)30-26-9-7-2/h24,27,34-35,41-46,50-52H,6-23,25-26,28-33,36-40H2,1-5H3/p+1/b27-24+,35-34+/t41-,42+,43+,44+,45-,46+/m0/s1. The largest absolute Gasteiger partial charge is 0.472 e. The van der Waals surface area contributed by atoms with E-state index in [0.29, 0.717) is 49.6 Å². The number of unbranched alkanes of at least 4 members (excludes halogenated alkanes) is 19. The van der Waals surface area contributed by atoms with Crippen LogP contribution in [-0.4, -0.2) is 109 Å². The van der Waals surface area contributed by atoms with Crippen LogP contribution in [0.5, 0.6) is 0 Å². The van der Waals surface area contributed by atoms with Crippen molar-refractivity contribution < 1.29 is 57.4 Å². The van der Waals surface area contributed by atoms with Crippen LogP contribution in [-0.2, 0) is 32.7 Å². The molecular weight excluding hydrogens is 797 g/mol. The highest BCUT2D eigenvalue weighted by Crippen LogP contribution is 2.43. The summed E-state index contributed by atoms with van der Waals surface area (Å²) < 4.78 is 34.3.